The number of aliphatic hydroxyl groups excluding tert-OH is 1. The van der Waals surface area contributed by atoms with Crippen molar-refractivity contribution in [2.45, 2.75) is 44.2 Å². The molecule has 2 unspecified atom stereocenters. The highest BCUT2D eigenvalue weighted by atomic mass is 16.3. The molecule has 2 heterocycles. The average molecular weight is 167 g/mol. The van der Waals surface area contributed by atoms with Crippen LogP contribution in [-0.2, 0) is 0 Å². The molecule has 12 heavy (non-hydrogen) atoms. The zero-order chi connectivity index (χ0) is 8.18. The Morgan fingerprint density at radius 2 is 2.08 bits per heavy atom. The largest absolute Gasteiger partial charge is 0.392 e. The van der Waals surface area contributed by atoms with Crippen LogP contribution in [0.1, 0.15) is 32.1 Å². The zero-order valence-electron chi connectivity index (χ0n) is 7.42. The normalized spacial score (nSPS) is 57.2. The number of hydrogen-bond donors (Lipinski definition) is 2. The van der Waals surface area contributed by atoms with Gasteiger partial charge in [0.05, 0.1) is 6.10 Å². The van der Waals surface area contributed by atoms with E-state index in [1.165, 1.54) is 25.7 Å². The van der Waals surface area contributed by atoms with E-state index in [4.69, 9.17) is 0 Å². The van der Waals surface area contributed by atoms with Gasteiger partial charge in [0.25, 0.3) is 0 Å². The number of rotatable bonds is 0. The van der Waals surface area contributed by atoms with Crippen LogP contribution in [0.5, 0.6) is 0 Å². The minimum atomic E-state index is -0.0602. The lowest BCUT2D eigenvalue weighted by Crippen LogP contribution is -2.46. The van der Waals surface area contributed by atoms with Crippen molar-refractivity contribution in [2.24, 2.45) is 11.3 Å². The van der Waals surface area contributed by atoms with E-state index < -0.39 is 0 Å². The Balaban J connectivity index is 1.85. The molecule has 4 aliphatic rings. The number of fused-ring (bicyclic) bond motifs is 1. The van der Waals surface area contributed by atoms with Crippen molar-refractivity contribution < 1.29 is 5.11 Å². The maximum atomic E-state index is 9.72. The quantitative estimate of drug-likeness (QED) is 0.562. The highest BCUT2D eigenvalue weighted by Gasteiger charge is 2.51. The van der Waals surface area contributed by atoms with Crippen molar-refractivity contribution in [2.75, 3.05) is 6.54 Å². The third-order valence-corrected chi connectivity index (χ3v) is 4.20. The van der Waals surface area contributed by atoms with E-state index >= 15 is 0 Å². The van der Waals surface area contributed by atoms with Crippen LogP contribution in [0.15, 0.2) is 0 Å². The molecule has 0 amide bonds. The third kappa shape index (κ3) is 0.882. The predicted octanol–water partition coefficient (Wildman–Crippen LogP) is 0.899. The lowest BCUT2D eigenvalue weighted by Gasteiger charge is -2.49. The lowest BCUT2D eigenvalue weighted by atomic mass is 9.56. The van der Waals surface area contributed by atoms with E-state index in [1.807, 2.05) is 0 Å². The summed E-state index contributed by atoms with van der Waals surface area (Å²) in [6.07, 6.45) is 6.36. The van der Waals surface area contributed by atoms with Crippen molar-refractivity contribution in [3.63, 3.8) is 0 Å². The Morgan fingerprint density at radius 1 is 1.25 bits per heavy atom. The van der Waals surface area contributed by atoms with Crippen LogP contribution in [0.2, 0.25) is 0 Å². The molecular weight excluding hydrogens is 150 g/mol. The molecule has 0 aromatic heterocycles. The molecule has 0 aromatic rings. The molecule has 0 radical (unpaired) electrons. The molecule has 2 saturated heterocycles. The van der Waals surface area contributed by atoms with Gasteiger partial charge in [-0.15, -0.1) is 0 Å². The Hall–Kier alpha value is -0.0800. The first kappa shape index (κ1) is 7.34. The fraction of sp³-hybridized carbons (Fsp3) is 1.00. The Morgan fingerprint density at radius 3 is 2.92 bits per heavy atom. The van der Waals surface area contributed by atoms with Gasteiger partial charge >= 0.3 is 0 Å². The van der Waals surface area contributed by atoms with Gasteiger partial charge in [0.1, 0.15) is 0 Å². The van der Waals surface area contributed by atoms with Crippen LogP contribution in [0.4, 0.5) is 0 Å². The molecule has 2 heteroatoms. The standard InChI is InChI=1S/C10H17NO/c12-9-1-2-10-3-7(4-10)6-11-8(9)5-10/h7-9,11-12H,1-6H2. The van der Waals surface area contributed by atoms with Crippen LogP contribution in [0, 0.1) is 11.3 Å². The van der Waals surface area contributed by atoms with Crippen molar-refractivity contribution in [3.8, 4) is 0 Å². The van der Waals surface area contributed by atoms with Gasteiger partial charge < -0.3 is 10.4 Å². The predicted molar refractivity (Wildman–Crippen MR) is 46.8 cm³/mol. The second-order valence-electron chi connectivity index (χ2n) is 5.10. The highest BCUT2D eigenvalue weighted by Crippen LogP contribution is 2.56. The van der Waals surface area contributed by atoms with E-state index in [0.717, 1.165) is 18.9 Å². The first-order valence-corrected chi connectivity index (χ1v) is 5.19. The molecule has 0 aromatic carbocycles. The summed E-state index contributed by atoms with van der Waals surface area (Å²) in [5, 5.41) is 13.2. The summed E-state index contributed by atoms with van der Waals surface area (Å²) in [5.74, 6) is 0.931. The molecule has 4 fully saturated rings. The molecule has 2 aliphatic heterocycles. The molecule has 2 N–H and O–H groups in total. The van der Waals surface area contributed by atoms with Gasteiger partial charge in [-0.1, -0.05) is 0 Å². The van der Waals surface area contributed by atoms with Crippen molar-refractivity contribution in [1.29, 1.82) is 0 Å². The van der Waals surface area contributed by atoms with E-state index in [9.17, 15) is 5.11 Å². The van der Waals surface area contributed by atoms with Gasteiger partial charge in [0.15, 0.2) is 0 Å². The Labute approximate surface area is 73.4 Å². The maximum Gasteiger partial charge on any atom is 0.0693 e. The minimum absolute atomic E-state index is 0.0602. The summed E-state index contributed by atoms with van der Waals surface area (Å²) in [5.41, 5.74) is 0.665. The van der Waals surface area contributed by atoms with E-state index in [1.54, 1.807) is 0 Å². The molecule has 2 atom stereocenters. The van der Waals surface area contributed by atoms with Crippen LogP contribution < -0.4 is 5.32 Å². The van der Waals surface area contributed by atoms with Crippen LogP contribution >= 0.6 is 0 Å². The summed E-state index contributed by atoms with van der Waals surface area (Å²) in [6.45, 7) is 1.16. The van der Waals surface area contributed by atoms with Gasteiger partial charge in [-0.25, -0.2) is 0 Å². The minimum Gasteiger partial charge on any atom is -0.392 e. The van der Waals surface area contributed by atoms with Crippen molar-refractivity contribution in [1.82, 2.24) is 5.32 Å². The number of aliphatic hydroxyl groups is 1. The summed E-state index contributed by atoms with van der Waals surface area (Å²) < 4.78 is 0. The average Bonchev–Trinajstić information content (AvgIpc) is 2.23. The fourth-order valence-electron chi connectivity index (χ4n) is 3.57. The smallest absolute Gasteiger partial charge is 0.0693 e. The van der Waals surface area contributed by atoms with Crippen molar-refractivity contribution >= 4 is 0 Å². The lowest BCUT2D eigenvalue weighted by molar-refractivity contribution is -0.0125. The Kier molecular flexibility index (Phi) is 1.37. The molecular formula is C10H17NO. The first-order chi connectivity index (χ1) is 5.77. The van der Waals surface area contributed by atoms with Crippen molar-refractivity contribution in [3.05, 3.63) is 0 Å². The van der Waals surface area contributed by atoms with Crippen LogP contribution in [0.3, 0.4) is 0 Å². The van der Waals surface area contributed by atoms with Gasteiger partial charge in [-0.2, -0.15) is 0 Å². The summed E-state index contributed by atoms with van der Waals surface area (Å²) in [4.78, 5) is 0. The SMILES string of the molecule is OC1CCC23CC(CNC1C2)C3. The maximum absolute atomic E-state index is 9.72. The molecule has 2 nitrogen and oxygen atoms in total. The Bertz CT molecular complexity index is 198. The molecule has 2 saturated carbocycles. The second-order valence-corrected chi connectivity index (χ2v) is 5.10. The summed E-state index contributed by atoms with van der Waals surface area (Å²) >= 11 is 0. The van der Waals surface area contributed by atoms with E-state index in [0.29, 0.717) is 11.5 Å². The molecule has 68 valence electrons. The monoisotopic (exact) mass is 167 g/mol. The van der Waals surface area contributed by atoms with Gasteiger partial charge in [0, 0.05) is 6.04 Å². The highest BCUT2D eigenvalue weighted by molar-refractivity contribution is 5.04. The molecule has 2 aliphatic carbocycles. The fourth-order valence-corrected chi connectivity index (χ4v) is 3.57. The van der Waals surface area contributed by atoms with Gasteiger partial charge in [-0.3, -0.25) is 0 Å². The summed E-state index contributed by atoms with van der Waals surface area (Å²) in [6, 6.07) is 0.422. The van der Waals surface area contributed by atoms with Gasteiger partial charge in [0.2, 0.25) is 0 Å². The zero-order valence-corrected chi connectivity index (χ0v) is 7.42. The molecule has 4 rings (SSSR count). The van der Waals surface area contributed by atoms with Crippen LogP contribution in [-0.4, -0.2) is 23.8 Å². The third-order valence-electron chi connectivity index (χ3n) is 4.20. The second kappa shape index (κ2) is 2.24. The topological polar surface area (TPSA) is 32.3 Å². The van der Waals surface area contributed by atoms with Crippen LogP contribution in [0.25, 0.3) is 0 Å². The first-order valence-electron chi connectivity index (χ1n) is 5.19. The number of hydrogen-bond acceptors (Lipinski definition) is 2. The van der Waals surface area contributed by atoms with Gasteiger partial charge in [-0.05, 0) is 50.0 Å². The van der Waals surface area contributed by atoms with E-state index in [-0.39, 0.29) is 6.10 Å². The molecule has 3 bridgehead atoms. The summed E-state index contributed by atoms with van der Waals surface area (Å²) in [7, 11) is 0. The number of nitrogens with one attached hydrogen (secondary N) is 1. The van der Waals surface area contributed by atoms with E-state index in [2.05, 4.69) is 5.32 Å². The molecule has 1 spiro atoms.